The van der Waals surface area contributed by atoms with Crippen LogP contribution in [-0.4, -0.2) is 20.9 Å². The molecule has 0 aliphatic carbocycles. The topological polar surface area (TPSA) is 66.5 Å². The molecule has 0 aliphatic heterocycles. The van der Waals surface area contributed by atoms with E-state index in [4.69, 9.17) is 34.8 Å². The molecule has 162 valence electrons. The molecule has 9 heteroatoms. The zero-order chi connectivity index (χ0) is 22.6. The monoisotopic (exact) mass is 496 g/mol. The first-order valence-electron chi connectivity index (χ1n) is 9.22. The molecule has 0 heterocycles. The molecule has 0 radical (unpaired) electrons. The van der Waals surface area contributed by atoms with E-state index in [1.54, 1.807) is 42.5 Å². The molecular weight excluding hydrogens is 479 g/mol. The van der Waals surface area contributed by atoms with E-state index in [0.29, 0.717) is 10.0 Å². The predicted octanol–water partition coefficient (Wildman–Crippen LogP) is 5.47. The number of rotatable bonds is 7. The Balaban J connectivity index is 1.90. The van der Waals surface area contributed by atoms with Crippen LogP contribution in [-0.2, 0) is 21.4 Å². The van der Waals surface area contributed by atoms with Crippen LogP contribution < -0.4 is 9.62 Å². The van der Waals surface area contributed by atoms with Crippen molar-refractivity contribution in [2.75, 3.05) is 10.8 Å². The highest BCUT2D eigenvalue weighted by Crippen LogP contribution is 2.33. The van der Waals surface area contributed by atoms with Gasteiger partial charge in [-0.25, -0.2) is 8.42 Å². The van der Waals surface area contributed by atoms with Crippen LogP contribution in [0.1, 0.15) is 11.1 Å². The molecule has 0 fully saturated rings. The lowest BCUT2D eigenvalue weighted by molar-refractivity contribution is -0.119. The SMILES string of the molecule is Cc1ccc(S(=O)(=O)N(CC(=O)NCc2ccc(Cl)cc2)c2cc(Cl)ccc2Cl)cc1. The maximum atomic E-state index is 13.4. The smallest absolute Gasteiger partial charge is 0.264 e. The summed E-state index contributed by atoms with van der Waals surface area (Å²) < 4.78 is 27.7. The summed E-state index contributed by atoms with van der Waals surface area (Å²) >= 11 is 18.2. The minimum absolute atomic E-state index is 0.0413. The van der Waals surface area contributed by atoms with Gasteiger partial charge in [-0.2, -0.15) is 0 Å². The van der Waals surface area contributed by atoms with Gasteiger partial charge in [-0.05, 0) is 55.0 Å². The second-order valence-electron chi connectivity index (χ2n) is 6.82. The van der Waals surface area contributed by atoms with Crippen LogP contribution in [0.15, 0.2) is 71.6 Å². The first-order valence-corrected chi connectivity index (χ1v) is 11.8. The van der Waals surface area contributed by atoms with Crippen molar-refractivity contribution in [1.29, 1.82) is 0 Å². The number of nitrogens with zero attached hydrogens (tertiary/aromatic N) is 1. The quantitative estimate of drug-likeness (QED) is 0.471. The summed E-state index contributed by atoms with van der Waals surface area (Å²) in [6.45, 7) is 1.60. The zero-order valence-corrected chi connectivity index (χ0v) is 19.6. The summed E-state index contributed by atoms with van der Waals surface area (Å²) in [5.41, 5.74) is 1.86. The average Bonchev–Trinajstić information content (AvgIpc) is 2.74. The van der Waals surface area contributed by atoms with Crippen LogP contribution in [0.2, 0.25) is 15.1 Å². The van der Waals surface area contributed by atoms with Gasteiger partial charge in [-0.3, -0.25) is 9.10 Å². The van der Waals surface area contributed by atoms with Gasteiger partial charge in [-0.1, -0.05) is 64.6 Å². The minimum Gasteiger partial charge on any atom is -0.350 e. The van der Waals surface area contributed by atoms with Crippen LogP contribution in [0, 0.1) is 6.92 Å². The van der Waals surface area contributed by atoms with E-state index in [9.17, 15) is 13.2 Å². The average molecular weight is 498 g/mol. The number of carbonyl (C=O) groups is 1. The highest BCUT2D eigenvalue weighted by Gasteiger charge is 2.29. The Morgan fingerprint density at radius 3 is 2.16 bits per heavy atom. The number of carbonyl (C=O) groups excluding carboxylic acids is 1. The van der Waals surface area contributed by atoms with Crippen molar-refractivity contribution < 1.29 is 13.2 Å². The number of hydrogen-bond acceptors (Lipinski definition) is 3. The van der Waals surface area contributed by atoms with E-state index < -0.39 is 22.5 Å². The van der Waals surface area contributed by atoms with Gasteiger partial charge in [0, 0.05) is 16.6 Å². The Labute approximate surface area is 196 Å². The maximum Gasteiger partial charge on any atom is 0.264 e. The Hall–Kier alpha value is -2.25. The summed E-state index contributed by atoms with van der Waals surface area (Å²) in [4.78, 5) is 12.7. The molecule has 0 saturated carbocycles. The van der Waals surface area contributed by atoms with Gasteiger partial charge in [0.25, 0.3) is 10.0 Å². The first-order chi connectivity index (χ1) is 14.7. The van der Waals surface area contributed by atoms with Gasteiger partial charge in [0.2, 0.25) is 5.91 Å². The largest absolute Gasteiger partial charge is 0.350 e. The van der Waals surface area contributed by atoms with E-state index in [-0.39, 0.29) is 22.2 Å². The minimum atomic E-state index is -4.08. The number of aryl methyl sites for hydroxylation is 1. The standard InChI is InChI=1S/C22H19Cl3N2O3S/c1-15-2-9-19(10-3-15)31(29,30)27(21-12-18(24)8-11-20(21)25)14-22(28)26-13-16-4-6-17(23)7-5-16/h2-12H,13-14H2,1H3,(H,26,28). The molecule has 0 aromatic heterocycles. The third-order valence-corrected chi connectivity index (χ3v) is 7.06. The lowest BCUT2D eigenvalue weighted by Gasteiger charge is -2.25. The summed E-state index contributed by atoms with van der Waals surface area (Å²) in [7, 11) is -4.08. The number of sulfonamides is 1. The number of amides is 1. The third kappa shape index (κ3) is 5.92. The van der Waals surface area contributed by atoms with Gasteiger partial charge in [0.1, 0.15) is 6.54 Å². The van der Waals surface area contributed by atoms with Crippen molar-refractivity contribution >= 4 is 56.4 Å². The van der Waals surface area contributed by atoms with Crippen LogP contribution in [0.5, 0.6) is 0 Å². The first kappa shape index (κ1) is 23.4. The molecule has 31 heavy (non-hydrogen) atoms. The molecule has 0 spiro atoms. The third-order valence-electron chi connectivity index (χ3n) is 4.48. The molecule has 0 aliphatic rings. The van der Waals surface area contributed by atoms with Gasteiger partial charge in [0.05, 0.1) is 15.6 Å². The van der Waals surface area contributed by atoms with Gasteiger partial charge < -0.3 is 5.32 Å². The second kappa shape index (κ2) is 9.92. The summed E-state index contributed by atoms with van der Waals surface area (Å²) in [5.74, 6) is -0.498. The Morgan fingerprint density at radius 1 is 0.903 bits per heavy atom. The normalized spacial score (nSPS) is 11.2. The number of hydrogen-bond donors (Lipinski definition) is 1. The van der Waals surface area contributed by atoms with E-state index in [2.05, 4.69) is 5.32 Å². The van der Waals surface area contributed by atoms with Crippen molar-refractivity contribution in [3.63, 3.8) is 0 Å². The fourth-order valence-corrected chi connectivity index (χ4v) is 4.80. The van der Waals surface area contributed by atoms with Crippen LogP contribution in [0.3, 0.4) is 0 Å². The molecule has 0 unspecified atom stereocenters. The van der Waals surface area contributed by atoms with E-state index in [0.717, 1.165) is 15.4 Å². The number of halogens is 3. The lowest BCUT2D eigenvalue weighted by atomic mass is 10.2. The lowest BCUT2D eigenvalue weighted by Crippen LogP contribution is -2.40. The molecule has 0 saturated heterocycles. The van der Waals surface area contributed by atoms with Crippen LogP contribution in [0.4, 0.5) is 5.69 Å². The predicted molar refractivity (Wildman–Crippen MR) is 125 cm³/mol. The molecule has 1 N–H and O–H groups in total. The molecule has 3 aromatic rings. The Bertz CT molecular complexity index is 1180. The fourth-order valence-electron chi connectivity index (χ4n) is 2.80. The number of nitrogens with one attached hydrogen (secondary N) is 1. The zero-order valence-electron chi connectivity index (χ0n) is 16.5. The summed E-state index contributed by atoms with van der Waals surface area (Å²) in [5, 5.41) is 3.76. The molecule has 3 rings (SSSR count). The Morgan fingerprint density at radius 2 is 1.52 bits per heavy atom. The number of anilines is 1. The summed E-state index contributed by atoms with van der Waals surface area (Å²) in [6.07, 6.45) is 0. The highest BCUT2D eigenvalue weighted by atomic mass is 35.5. The van der Waals surface area contributed by atoms with Crippen molar-refractivity contribution in [2.45, 2.75) is 18.4 Å². The molecule has 0 atom stereocenters. The number of benzene rings is 3. The molecule has 5 nitrogen and oxygen atoms in total. The fraction of sp³-hybridized carbons (Fsp3) is 0.136. The second-order valence-corrected chi connectivity index (χ2v) is 9.97. The van der Waals surface area contributed by atoms with E-state index in [1.807, 2.05) is 6.92 Å². The van der Waals surface area contributed by atoms with Gasteiger partial charge in [-0.15, -0.1) is 0 Å². The van der Waals surface area contributed by atoms with Crippen molar-refractivity contribution in [1.82, 2.24) is 5.32 Å². The van der Waals surface area contributed by atoms with Crippen LogP contribution in [0.25, 0.3) is 0 Å². The molecule has 3 aromatic carbocycles. The van der Waals surface area contributed by atoms with E-state index >= 15 is 0 Å². The van der Waals surface area contributed by atoms with Gasteiger partial charge >= 0.3 is 0 Å². The van der Waals surface area contributed by atoms with Crippen molar-refractivity contribution in [3.05, 3.63) is 92.9 Å². The van der Waals surface area contributed by atoms with Crippen molar-refractivity contribution in [2.24, 2.45) is 0 Å². The summed E-state index contributed by atoms with van der Waals surface area (Å²) in [6, 6.07) is 17.8. The molecule has 1 amide bonds. The van der Waals surface area contributed by atoms with E-state index in [1.165, 1.54) is 24.3 Å². The maximum absolute atomic E-state index is 13.4. The van der Waals surface area contributed by atoms with Crippen LogP contribution >= 0.6 is 34.8 Å². The van der Waals surface area contributed by atoms with Crippen molar-refractivity contribution in [3.8, 4) is 0 Å². The molecule has 0 bridgehead atoms. The highest BCUT2D eigenvalue weighted by molar-refractivity contribution is 7.92. The van der Waals surface area contributed by atoms with Gasteiger partial charge in [0.15, 0.2) is 0 Å². The Kier molecular flexibility index (Phi) is 7.49. The molecular formula is C22H19Cl3N2O3S.